The molecule has 4 nitrogen and oxygen atoms in total. The third kappa shape index (κ3) is 3.39. The summed E-state index contributed by atoms with van der Waals surface area (Å²) >= 11 is 0. The Balaban J connectivity index is 2.11. The molecule has 0 fully saturated rings. The van der Waals surface area contributed by atoms with Crippen LogP contribution < -0.4 is 10.1 Å². The van der Waals surface area contributed by atoms with Crippen molar-refractivity contribution in [1.82, 2.24) is 15.1 Å². The quantitative estimate of drug-likeness (QED) is 0.879. The van der Waals surface area contributed by atoms with E-state index in [1.807, 2.05) is 25.0 Å². The van der Waals surface area contributed by atoms with Crippen LogP contribution in [0.1, 0.15) is 29.2 Å². The van der Waals surface area contributed by atoms with Crippen molar-refractivity contribution in [1.29, 1.82) is 0 Å². The van der Waals surface area contributed by atoms with Crippen molar-refractivity contribution in [2.45, 2.75) is 25.8 Å². The van der Waals surface area contributed by atoms with Crippen molar-refractivity contribution < 1.29 is 4.74 Å². The molecule has 1 aromatic carbocycles. The highest BCUT2D eigenvalue weighted by Crippen LogP contribution is 2.29. The average molecular weight is 273 g/mol. The fourth-order valence-electron chi connectivity index (χ4n) is 2.47. The van der Waals surface area contributed by atoms with Crippen LogP contribution in [0, 0.1) is 6.92 Å². The second kappa shape index (κ2) is 6.57. The predicted molar refractivity (Wildman–Crippen MR) is 81.1 cm³/mol. The SMILES string of the molecule is CNC(CCc1cnn(C)c1)c1ccc(C)cc1OC. The Morgan fingerprint density at radius 2 is 2.20 bits per heavy atom. The summed E-state index contributed by atoms with van der Waals surface area (Å²) in [5, 5.41) is 7.59. The van der Waals surface area contributed by atoms with Crippen LogP contribution >= 0.6 is 0 Å². The normalized spacial score (nSPS) is 12.4. The van der Waals surface area contributed by atoms with E-state index in [0.717, 1.165) is 18.6 Å². The zero-order valence-electron chi connectivity index (χ0n) is 12.7. The van der Waals surface area contributed by atoms with Gasteiger partial charge in [-0.3, -0.25) is 4.68 Å². The molecule has 0 amide bonds. The highest BCUT2D eigenvalue weighted by molar-refractivity contribution is 5.39. The van der Waals surface area contributed by atoms with Crippen LogP contribution in [-0.2, 0) is 13.5 Å². The topological polar surface area (TPSA) is 39.1 Å². The Bertz CT molecular complexity index is 563. The van der Waals surface area contributed by atoms with E-state index in [4.69, 9.17) is 4.74 Å². The molecule has 0 saturated heterocycles. The van der Waals surface area contributed by atoms with Gasteiger partial charge in [-0.2, -0.15) is 5.10 Å². The molecule has 20 heavy (non-hydrogen) atoms. The molecule has 0 aliphatic rings. The maximum Gasteiger partial charge on any atom is 0.123 e. The predicted octanol–water partition coefficient (Wildman–Crippen LogP) is 2.63. The van der Waals surface area contributed by atoms with E-state index in [9.17, 15) is 0 Å². The Morgan fingerprint density at radius 1 is 1.40 bits per heavy atom. The molecule has 1 aromatic heterocycles. The Morgan fingerprint density at radius 3 is 2.80 bits per heavy atom. The maximum atomic E-state index is 5.51. The molecular formula is C16H23N3O. The number of ether oxygens (including phenoxy) is 1. The molecule has 0 radical (unpaired) electrons. The summed E-state index contributed by atoms with van der Waals surface area (Å²) in [5.74, 6) is 0.954. The number of hydrogen-bond donors (Lipinski definition) is 1. The van der Waals surface area contributed by atoms with Gasteiger partial charge in [0.1, 0.15) is 5.75 Å². The van der Waals surface area contributed by atoms with Gasteiger partial charge in [-0.15, -0.1) is 0 Å². The average Bonchev–Trinajstić information content (AvgIpc) is 2.86. The summed E-state index contributed by atoms with van der Waals surface area (Å²) in [5.41, 5.74) is 3.69. The third-order valence-electron chi connectivity index (χ3n) is 3.59. The van der Waals surface area contributed by atoms with Gasteiger partial charge in [0.25, 0.3) is 0 Å². The van der Waals surface area contributed by atoms with E-state index in [0.29, 0.717) is 0 Å². The summed E-state index contributed by atoms with van der Waals surface area (Å²) in [7, 11) is 5.67. The molecule has 0 aliphatic carbocycles. The first-order valence-electron chi connectivity index (χ1n) is 6.93. The van der Waals surface area contributed by atoms with Gasteiger partial charge in [-0.05, 0) is 44.0 Å². The summed E-state index contributed by atoms with van der Waals surface area (Å²) in [6.07, 6.45) is 6.01. The minimum Gasteiger partial charge on any atom is -0.496 e. The van der Waals surface area contributed by atoms with Gasteiger partial charge in [0, 0.05) is 24.8 Å². The van der Waals surface area contributed by atoms with Crippen LogP contribution in [0.3, 0.4) is 0 Å². The van der Waals surface area contributed by atoms with Gasteiger partial charge < -0.3 is 10.1 Å². The summed E-state index contributed by atoms with van der Waals surface area (Å²) in [4.78, 5) is 0. The van der Waals surface area contributed by atoms with Gasteiger partial charge >= 0.3 is 0 Å². The van der Waals surface area contributed by atoms with Crippen molar-refractivity contribution in [3.8, 4) is 5.75 Å². The monoisotopic (exact) mass is 273 g/mol. The van der Waals surface area contributed by atoms with Crippen molar-refractivity contribution in [3.05, 3.63) is 47.3 Å². The van der Waals surface area contributed by atoms with Crippen LogP contribution in [0.25, 0.3) is 0 Å². The zero-order chi connectivity index (χ0) is 14.5. The fourth-order valence-corrected chi connectivity index (χ4v) is 2.47. The van der Waals surface area contributed by atoms with Crippen LogP contribution in [0.5, 0.6) is 5.75 Å². The van der Waals surface area contributed by atoms with E-state index >= 15 is 0 Å². The van der Waals surface area contributed by atoms with Gasteiger partial charge in [0.05, 0.1) is 13.3 Å². The Labute approximate surface area is 120 Å². The molecular weight excluding hydrogens is 250 g/mol. The standard InChI is InChI=1S/C16H23N3O/c1-12-5-7-14(16(9-12)20-4)15(17-2)8-6-13-10-18-19(3)11-13/h5,7,9-11,15,17H,6,8H2,1-4H3. The molecule has 4 heteroatoms. The van der Waals surface area contributed by atoms with E-state index in [1.165, 1.54) is 16.7 Å². The highest BCUT2D eigenvalue weighted by atomic mass is 16.5. The second-order valence-electron chi connectivity index (χ2n) is 5.15. The molecule has 0 aliphatic heterocycles. The van der Waals surface area contributed by atoms with Gasteiger partial charge in [-0.1, -0.05) is 12.1 Å². The van der Waals surface area contributed by atoms with Crippen LogP contribution in [0.2, 0.25) is 0 Å². The minimum absolute atomic E-state index is 0.283. The highest BCUT2D eigenvalue weighted by Gasteiger charge is 2.14. The second-order valence-corrected chi connectivity index (χ2v) is 5.15. The number of methoxy groups -OCH3 is 1. The van der Waals surface area contributed by atoms with E-state index in [2.05, 4.69) is 41.7 Å². The molecule has 0 saturated carbocycles. The van der Waals surface area contributed by atoms with Crippen molar-refractivity contribution in [2.75, 3.05) is 14.2 Å². The number of nitrogens with zero attached hydrogens (tertiary/aromatic N) is 2. The smallest absolute Gasteiger partial charge is 0.123 e. The van der Waals surface area contributed by atoms with Gasteiger partial charge in [-0.25, -0.2) is 0 Å². The van der Waals surface area contributed by atoms with Crippen LogP contribution in [0.15, 0.2) is 30.6 Å². The largest absolute Gasteiger partial charge is 0.496 e. The summed E-state index contributed by atoms with van der Waals surface area (Å²) < 4.78 is 7.35. The maximum absolute atomic E-state index is 5.51. The molecule has 0 bridgehead atoms. The Hall–Kier alpha value is -1.81. The number of aromatic nitrogens is 2. The molecule has 108 valence electrons. The lowest BCUT2D eigenvalue weighted by Gasteiger charge is -2.19. The van der Waals surface area contributed by atoms with Crippen LogP contribution in [-0.4, -0.2) is 23.9 Å². The molecule has 1 atom stereocenters. The minimum atomic E-state index is 0.283. The number of aryl methyl sites for hydroxylation is 3. The lowest BCUT2D eigenvalue weighted by Crippen LogP contribution is -2.18. The van der Waals surface area contributed by atoms with Crippen molar-refractivity contribution in [2.24, 2.45) is 7.05 Å². The number of rotatable bonds is 6. The van der Waals surface area contributed by atoms with E-state index in [1.54, 1.807) is 7.11 Å². The van der Waals surface area contributed by atoms with Gasteiger partial charge in [0.15, 0.2) is 0 Å². The lowest BCUT2D eigenvalue weighted by atomic mass is 9.98. The molecule has 0 spiro atoms. The lowest BCUT2D eigenvalue weighted by molar-refractivity contribution is 0.398. The third-order valence-corrected chi connectivity index (χ3v) is 3.59. The molecule has 2 aromatic rings. The van der Waals surface area contributed by atoms with E-state index < -0.39 is 0 Å². The van der Waals surface area contributed by atoms with Gasteiger partial charge in [0.2, 0.25) is 0 Å². The number of nitrogens with one attached hydrogen (secondary N) is 1. The van der Waals surface area contributed by atoms with Crippen molar-refractivity contribution in [3.63, 3.8) is 0 Å². The number of hydrogen-bond acceptors (Lipinski definition) is 3. The molecule has 1 N–H and O–H groups in total. The first-order chi connectivity index (χ1) is 9.63. The number of benzene rings is 1. The molecule has 1 unspecified atom stereocenters. The molecule has 1 heterocycles. The molecule has 2 rings (SSSR count). The van der Waals surface area contributed by atoms with Crippen molar-refractivity contribution >= 4 is 0 Å². The summed E-state index contributed by atoms with van der Waals surface area (Å²) in [6, 6.07) is 6.65. The fraction of sp³-hybridized carbons (Fsp3) is 0.438. The first-order valence-corrected chi connectivity index (χ1v) is 6.93. The van der Waals surface area contributed by atoms with Crippen LogP contribution in [0.4, 0.5) is 0 Å². The summed E-state index contributed by atoms with van der Waals surface area (Å²) in [6.45, 7) is 2.08. The van der Waals surface area contributed by atoms with E-state index in [-0.39, 0.29) is 6.04 Å². The zero-order valence-corrected chi connectivity index (χ0v) is 12.7. The Kier molecular flexibility index (Phi) is 4.79. The first kappa shape index (κ1) is 14.6.